The van der Waals surface area contributed by atoms with Gasteiger partial charge >= 0.3 is 5.97 Å². The van der Waals surface area contributed by atoms with Gasteiger partial charge in [0.1, 0.15) is 11.3 Å². The predicted octanol–water partition coefficient (Wildman–Crippen LogP) is 3.95. The third-order valence-corrected chi connectivity index (χ3v) is 3.14. The molecule has 0 aliphatic rings. The van der Waals surface area contributed by atoms with Gasteiger partial charge in [-0.2, -0.15) is 0 Å². The molecule has 0 radical (unpaired) electrons. The van der Waals surface area contributed by atoms with Gasteiger partial charge < -0.3 is 14.6 Å². The molecule has 2 rings (SSSR count). The lowest BCUT2D eigenvalue weighted by atomic mass is 10.2. The standard InChI is InChI=1S/C14H11BrO4/c1-18-10-6-2-3-7-11(10)19-12-8-4-5-9(15)13(12)14(16)17/h2-8H,1H3,(H,16,17). The Labute approximate surface area is 118 Å². The summed E-state index contributed by atoms with van der Waals surface area (Å²) in [4.78, 5) is 11.2. The third kappa shape index (κ3) is 2.88. The van der Waals surface area contributed by atoms with Crippen LogP contribution in [0.5, 0.6) is 17.2 Å². The first kappa shape index (κ1) is 13.4. The summed E-state index contributed by atoms with van der Waals surface area (Å²) in [5.41, 5.74) is 0.0772. The molecule has 98 valence electrons. The second kappa shape index (κ2) is 5.75. The zero-order chi connectivity index (χ0) is 13.8. The molecule has 1 N–H and O–H groups in total. The van der Waals surface area contributed by atoms with Crippen LogP contribution in [-0.4, -0.2) is 18.2 Å². The summed E-state index contributed by atoms with van der Waals surface area (Å²) in [6, 6.07) is 12.0. The number of carboxylic acid groups (broad SMARTS) is 1. The van der Waals surface area contributed by atoms with Crippen molar-refractivity contribution in [2.75, 3.05) is 7.11 Å². The Morgan fingerprint density at radius 3 is 2.32 bits per heavy atom. The zero-order valence-corrected chi connectivity index (χ0v) is 11.7. The first-order valence-electron chi connectivity index (χ1n) is 5.46. The van der Waals surface area contributed by atoms with Gasteiger partial charge in [0, 0.05) is 4.47 Å². The van der Waals surface area contributed by atoms with Gasteiger partial charge in [-0.1, -0.05) is 18.2 Å². The van der Waals surface area contributed by atoms with Crippen LogP contribution in [0.3, 0.4) is 0 Å². The minimum atomic E-state index is -1.06. The van der Waals surface area contributed by atoms with Gasteiger partial charge in [-0.05, 0) is 40.2 Å². The summed E-state index contributed by atoms with van der Waals surface area (Å²) in [5, 5.41) is 9.21. The van der Waals surface area contributed by atoms with E-state index in [9.17, 15) is 9.90 Å². The SMILES string of the molecule is COc1ccccc1Oc1cccc(Br)c1C(=O)O. The maximum absolute atomic E-state index is 11.2. The fourth-order valence-corrected chi connectivity index (χ4v) is 2.14. The maximum atomic E-state index is 11.2. The van der Waals surface area contributed by atoms with Crippen LogP contribution >= 0.6 is 15.9 Å². The van der Waals surface area contributed by atoms with Crippen LogP contribution in [0.1, 0.15) is 10.4 Å². The van der Waals surface area contributed by atoms with Crippen LogP contribution in [0.15, 0.2) is 46.9 Å². The average Bonchev–Trinajstić information content (AvgIpc) is 2.39. The van der Waals surface area contributed by atoms with Gasteiger partial charge in [0.25, 0.3) is 0 Å². The summed E-state index contributed by atoms with van der Waals surface area (Å²) in [5.74, 6) is 0.202. The fraction of sp³-hybridized carbons (Fsp3) is 0.0714. The first-order chi connectivity index (χ1) is 9.13. The van der Waals surface area contributed by atoms with Crippen molar-refractivity contribution in [3.8, 4) is 17.2 Å². The van der Waals surface area contributed by atoms with E-state index in [1.165, 1.54) is 7.11 Å². The van der Waals surface area contributed by atoms with E-state index in [0.29, 0.717) is 16.0 Å². The molecule has 0 amide bonds. The Balaban J connectivity index is 2.44. The third-order valence-electron chi connectivity index (χ3n) is 2.48. The summed E-state index contributed by atoms with van der Waals surface area (Å²) in [7, 11) is 1.53. The summed E-state index contributed by atoms with van der Waals surface area (Å²) in [6.07, 6.45) is 0. The molecule has 0 bridgehead atoms. The lowest BCUT2D eigenvalue weighted by molar-refractivity contribution is 0.0693. The van der Waals surface area contributed by atoms with E-state index < -0.39 is 5.97 Å². The predicted molar refractivity (Wildman–Crippen MR) is 74.2 cm³/mol. The molecule has 0 saturated carbocycles. The van der Waals surface area contributed by atoms with E-state index >= 15 is 0 Å². The number of aromatic carboxylic acids is 1. The molecule has 0 unspecified atom stereocenters. The van der Waals surface area contributed by atoms with E-state index in [2.05, 4.69) is 15.9 Å². The summed E-state index contributed by atoms with van der Waals surface area (Å²) >= 11 is 3.20. The average molecular weight is 323 g/mol. The Hall–Kier alpha value is -2.01. The molecule has 5 heteroatoms. The van der Waals surface area contributed by atoms with E-state index in [1.807, 2.05) is 6.07 Å². The topological polar surface area (TPSA) is 55.8 Å². The van der Waals surface area contributed by atoms with E-state index in [0.717, 1.165) is 0 Å². The van der Waals surface area contributed by atoms with Crippen molar-refractivity contribution in [3.63, 3.8) is 0 Å². The molecular weight excluding hydrogens is 312 g/mol. The summed E-state index contributed by atoms with van der Waals surface area (Å²) in [6.45, 7) is 0. The number of carboxylic acids is 1. The lowest BCUT2D eigenvalue weighted by Gasteiger charge is -2.12. The second-order valence-corrected chi connectivity index (χ2v) is 4.53. The molecule has 0 spiro atoms. The number of hydrogen-bond acceptors (Lipinski definition) is 3. The van der Waals surface area contributed by atoms with E-state index in [4.69, 9.17) is 9.47 Å². The number of para-hydroxylation sites is 2. The molecule has 0 aliphatic carbocycles. The molecular formula is C14H11BrO4. The molecule has 0 heterocycles. The lowest BCUT2D eigenvalue weighted by Crippen LogP contribution is -2.01. The van der Waals surface area contributed by atoms with Crippen molar-refractivity contribution >= 4 is 21.9 Å². The van der Waals surface area contributed by atoms with Crippen molar-refractivity contribution in [2.24, 2.45) is 0 Å². The number of carbonyl (C=O) groups is 1. The number of hydrogen-bond donors (Lipinski definition) is 1. The van der Waals surface area contributed by atoms with E-state index in [-0.39, 0.29) is 11.3 Å². The monoisotopic (exact) mass is 322 g/mol. The zero-order valence-electron chi connectivity index (χ0n) is 10.1. The molecule has 0 fully saturated rings. The fourth-order valence-electron chi connectivity index (χ4n) is 1.62. The normalized spacial score (nSPS) is 10.0. The van der Waals surface area contributed by atoms with Crippen LogP contribution in [0, 0.1) is 0 Å². The number of ether oxygens (including phenoxy) is 2. The Morgan fingerprint density at radius 1 is 1.05 bits per heavy atom. The Bertz CT molecular complexity index is 610. The number of methoxy groups -OCH3 is 1. The molecule has 0 aliphatic heterocycles. The van der Waals surface area contributed by atoms with Crippen LogP contribution < -0.4 is 9.47 Å². The molecule has 19 heavy (non-hydrogen) atoms. The minimum absolute atomic E-state index is 0.0772. The van der Waals surface area contributed by atoms with Gasteiger partial charge in [-0.3, -0.25) is 0 Å². The number of benzene rings is 2. The highest BCUT2D eigenvalue weighted by atomic mass is 79.9. The molecule has 2 aromatic rings. The number of halogens is 1. The smallest absolute Gasteiger partial charge is 0.340 e. The largest absolute Gasteiger partial charge is 0.493 e. The molecule has 0 atom stereocenters. The molecule has 0 aromatic heterocycles. The summed E-state index contributed by atoms with van der Waals surface area (Å²) < 4.78 is 11.3. The first-order valence-corrected chi connectivity index (χ1v) is 6.25. The van der Waals surface area contributed by atoms with Crippen molar-refractivity contribution in [3.05, 3.63) is 52.5 Å². The van der Waals surface area contributed by atoms with Crippen molar-refractivity contribution in [1.82, 2.24) is 0 Å². The van der Waals surface area contributed by atoms with E-state index in [1.54, 1.807) is 36.4 Å². The van der Waals surface area contributed by atoms with Crippen LogP contribution in [0.4, 0.5) is 0 Å². The van der Waals surface area contributed by atoms with Gasteiger partial charge in [-0.15, -0.1) is 0 Å². The highest BCUT2D eigenvalue weighted by molar-refractivity contribution is 9.10. The number of rotatable bonds is 4. The van der Waals surface area contributed by atoms with Crippen molar-refractivity contribution in [2.45, 2.75) is 0 Å². The minimum Gasteiger partial charge on any atom is -0.493 e. The van der Waals surface area contributed by atoms with Crippen LogP contribution in [0.25, 0.3) is 0 Å². The van der Waals surface area contributed by atoms with Crippen LogP contribution in [-0.2, 0) is 0 Å². The molecule has 4 nitrogen and oxygen atoms in total. The Kier molecular flexibility index (Phi) is 4.06. The quantitative estimate of drug-likeness (QED) is 0.926. The van der Waals surface area contributed by atoms with Gasteiger partial charge in [-0.25, -0.2) is 4.79 Å². The second-order valence-electron chi connectivity index (χ2n) is 3.67. The highest BCUT2D eigenvalue weighted by Crippen LogP contribution is 2.35. The van der Waals surface area contributed by atoms with Gasteiger partial charge in [0.15, 0.2) is 11.5 Å². The maximum Gasteiger partial charge on any atom is 0.340 e. The van der Waals surface area contributed by atoms with Gasteiger partial charge in [0.2, 0.25) is 0 Å². The molecule has 2 aromatic carbocycles. The Morgan fingerprint density at radius 2 is 1.68 bits per heavy atom. The van der Waals surface area contributed by atoms with Crippen LogP contribution in [0.2, 0.25) is 0 Å². The van der Waals surface area contributed by atoms with Crippen molar-refractivity contribution < 1.29 is 19.4 Å². The van der Waals surface area contributed by atoms with Crippen molar-refractivity contribution in [1.29, 1.82) is 0 Å². The molecule has 0 saturated heterocycles. The highest BCUT2D eigenvalue weighted by Gasteiger charge is 2.16. The van der Waals surface area contributed by atoms with Gasteiger partial charge in [0.05, 0.1) is 7.11 Å².